The summed E-state index contributed by atoms with van der Waals surface area (Å²) in [6.07, 6.45) is 10.1. The number of hydrogen-bond donors (Lipinski definition) is 1. The van der Waals surface area contributed by atoms with Crippen molar-refractivity contribution in [3.63, 3.8) is 0 Å². The minimum Gasteiger partial charge on any atom is -0.462 e. The van der Waals surface area contributed by atoms with Gasteiger partial charge in [-0.3, -0.25) is 19.6 Å². The minimum absolute atomic E-state index is 0.0633. The smallest absolute Gasteiger partial charge is 0.302 e. The Morgan fingerprint density at radius 1 is 0.949 bits per heavy atom. The molecule has 5 rings (SSSR count). The van der Waals surface area contributed by atoms with Crippen LogP contribution in [0, 0.1) is 50.2 Å². The first-order chi connectivity index (χ1) is 17.9. The van der Waals surface area contributed by atoms with Gasteiger partial charge in [0.05, 0.1) is 0 Å². The fraction of sp³-hybridized carbons (Fsp3) is 0.848. The number of hydrogen-bond acceptors (Lipinski definition) is 5. The predicted molar refractivity (Wildman–Crippen MR) is 150 cm³/mol. The van der Waals surface area contributed by atoms with Crippen LogP contribution in [0.5, 0.6) is 0 Å². The molecule has 5 aliphatic carbocycles. The van der Waals surface area contributed by atoms with E-state index in [1.165, 1.54) is 19.5 Å². The highest BCUT2D eigenvalue weighted by atomic mass is 16.5. The number of carbonyl (C=O) groups excluding carboxylic acids is 3. The molecule has 0 saturated heterocycles. The van der Waals surface area contributed by atoms with E-state index in [4.69, 9.17) is 4.74 Å². The van der Waals surface area contributed by atoms with Gasteiger partial charge in [0.1, 0.15) is 6.10 Å². The van der Waals surface area contributed by atoms with E-state index < -0.39 is 5.41 Å². The van der Waals surface area contributed by atoms with Crippen LogP contribution in [0.4, 0.5) is 0 Å². The maximum absolute atomic E-state index is 14.5. The highest BCUT2D eigenvalue weighted by Gasteiger charge is 2.70. The van der Waals surface area contributed by atoms with Crippen LogP contribution in [0.15, 0.2) is 11.6 Å². The number of carbonyl (C=O) groups is 3. The van der Waals surface area contributed by atoms with Gasteiger partial charge < -0.3 is 4.74 Å². The summed E-state index contributed by atoms with van der Waals surface area (Å²) >= 11 is 0. The molecule has 4 saturated carbocycles. The molecule has 0 bridgehead atoms. The molecule has 0 heterocycles. The molecule has 0 radical (unpaired) electrons. The molecule has 0 spiro atoms. The quantitative estimate of drug-likeness (QED) is 0.238. The Kier molecular flexibility index (Phi) is 6.40. The lowest BCUT2D eigenvalue weighted by Gasteiger charge is -2.70. The predicted octanol–water partition coefficient (Wildman–Crippen LogP) is 6.75. The molecule has 1 N–H and O–H groups in total. The lowest BCUT2D eigenvalue weighted by Crippen LogP contribution is -2.66. The average molecular weight is 542 g/mol. The van der Waals surface area contributed by atoms with E-state index in [0.717, 1.165) is 56.4 Å². The zero-order chi connectivity index (χ0) is 29.0. The first-order valence-electron chi connectivity index (χ1n) is 15.3. The second kappa shape index (κ2) is 8.66. The number of fused-ring (bicyclic) bond motifs is 7. The molecule has 1 unspecified atom stereocenters. The summed E-state index contributed by atoms with van der Waals surface area (Å²) in [4.78, 5) is 39.5. The summed E-state index contributed by atoms with van der Waals surface area (Å²) in [6.45, 7) is 17.5. The Labute approximate surface area is 235 Å². The topological polar surface area (TPSA) is 83.9 Å². The third-order valence-corrected chi connectivity index (χ3v) is 13.6. The van der Waals surface area contributed by atoms with Crippen molar-refractivity contribution in [2.24, 2.45) is 50.2 Å². The maximum Gasteiger partial charge on any atom is 0.302 e. The minimum atomic E-state index is -0.629. The van der Waals surface area contributed by atoms with Gasteiger partial charge in [0.2, 0.25) is 0 Å². The molecular formula is C33H51NO5. The van der Waals surface area contributed by atoms with E-state index in [9.17, 15) is 19.6 Å². The Morgan fingerprint density at radius 2 is 1.59 bits per heavy atom. The summed E-state index contributed by atoms with van der Waals surface area (Å²) in [5.74, 6) is 0.210. The highest BCUT2D eigenvalue weighted by Crippen LogP contribution is 2.75. The number of esters is 1. The number of nitrogens with zero attached hydrogens (tertiary/aromatic N) is 1. The molecule has 39 heavy (non-hydrogen) atoms. The number of rotatable bonds is 2. The Morgan fingerprint density at radius 3 is 2.21 bits per heavy atom. The number of hydroxylamine groups is 2. The molecule has 9 atom stereocenters. The van der Waals surface area contributed by atoms with Crippen molar-refractivity contribution in [2.75, 3.05) is 7.05 Å². The summed E-state index contributed by atoms with van der Waals surface area (Å²) in [7, 11) is 1.43. The van der Waals surface area contributed by atoms with Gasteiger partial charge in [0.15, 0.2) is 5.78 Å². The number of ketones is 1. The van der Waals surface area contributed by atoms with Gasteiger partial charge in [0.25, 0.3) is 5.91 Å². The van der Waals surface area contributed by atoms with Gasteiger partial charge >= 0.3 is 5.97 Å². The molecule has 1 amide bonds. The van der Waals surface area contributed by atoms with Gasteiger partial charge in [-0.25, -0.2) is 5.06 Å². The van der Waals surface area contributed by atoms with Crippen LogP contribution in [-0.4, -0.2) is 41.1 Å². The van der Waals surface area contributed by atoms with E-state index in [-0.39, 0.29) is 62.7 Å². The lowest BCUT2D eigenvalue weighted by molar-refractivity contribution is -0.210. The Balaban J connectivity index is 1.57. The fourth-order valence-corrected chi connectivity index (χ4v) is 11.2. The third kappa shape index (κ3) is 3.78. The highest BCUT2D eigenvalue weighted by molar-refractivity contribution is 5.95. The van der Waals surface area contributed by atoms with Crippen molar-refractivity contribution in [1.82, 2.24) is 5.06 Å². The number of allylic oxidation sites excluding steroid dienone is 2. The first-order valence-corrected chi connectivity index (χ1v) is 15.3. The van der Waals surface area contributed by atoms with Gasteiger partial charge in [0, 0.05) is 30.7 Å². The van der Waals surface area contributed by atoms with E-state index in [0.29, 0.717) is 12.3 Å². The first kappa shape index (κ1) is 28.8. The van der Waals surface area contributed by atoms with E-state index >= 15 is 0 Å². The number of ether oxygens (including phenoxy) is 1. The van der Waals surface area contributed by atoms with Crippen LogP contribution >= 0.6 is 0 Å². The van der Waals surface area contributed by atoms with Crippen molar-refractivity contribution >= 4 is 17.7 Å². The third-order valence-electron chi connectivity index (χ3n) is 13.6. The molecule has 0 aromatic carbocycles. The molecule has 0 aromatic rings. The van der Waals surface area contributed by atoms with Crippen molar-refractivity contribution in [3.8, 4) is 0 Å². The Hall–Kier alpha value is -1.69. The molecule has 0 aromatic heterocycles. The van der Waals surface area contributed by atoms with Gasteiger partial charge in [-0.05, 0) is 97.4 Å². The molecule has 6 nitrogen and oxygen atoms in total. The lowest BCUT2D eigenvalue weighted by atomic mass is 9.33. The Bertz CT molecular complexity index is 1130. The zero-order valence-corrected chi connectivity index (χ0v) is 25.8. The van der Waals surface area contributed by atoms with Crippen molar-refractivity contribution in [1.29, 1.82) is 0 Å². The zero-order valence-electron chi connectivity index (χ0n) is 25.8. The second-order valence-electron chi connectivity index (χ2n) is 16.0. The van der Waals surface area contributed by atoms with Gasteiger partial charge in [-0.1, -0.05) is 54.0 Å². The second-order valence-corrected chi connectivity index (χ2v) is 16.0. The van der Waals surface area contributed by atoms with Crippen LogP contribution in [0.25, 0.3) is 0 Å². The van der Waals surface area contributed by atoms with Crippen molar-refractivity contribution in [3.05, 3.63) is 11.6 Å². The fourth-order valence-electron chi connectivity index (χ4n) is 11.2. The SMILES string of the molecule is CC(=O)OC1CC[C@]2(C)[C@H]3C(=O)C=C4[C@@H]5C[C@@](C)(C(=O)N(C)O)CC[C@]5(C)CC[C@@]4(C)[C@]3(C)CC[C@H]2C1(C)C. The summed E-state index contributed by atoms with van der Waals surface area (Å²) in [5.41, 5.74) is 0.0629. The summed E-state index contributed by atoms with van der Waals surface area (Å²) in [6, 6.07) is 0. The van der Waals surface area contributed by atoms with Crippen LogP contribution in [0.1, 0.15) is 113 Å². The van der Waals surface area contributed by atoms with Crippen molar-refractivity contribution in [2.45, 2.75) is 119 Å². The van der Waals surface area contributed by atoms with Crippen LogP contribution < -0.4 is 0 Å². The molecule has 0 aliphatic heterocycles. The van der Waals surface area contributed by atoms with Gasteiger partial charge in [-0.2, -0.15) is 0 Å². The molecule has 5 aliphatic rings. The summed E-state index contributed by atoms with van der Waals surface area (Å²) in [5, 5.41) is 10.8. The van der Waals surface area contributed by atoms with E-state index in [2.05, 4.69) is 41.5 Å². The van der Waals surface area contributed by atoms with Crippen molar-refractivity contribution < 1.29 is 24.3 Å². The monoisotopic (exact) mass is 541 g/mol. The molecule has 6 heteroatoms. The average Bonchev–Trinajstić information content (AvgIpc) is 2.82. The van der Waals surface area contributed by atoms with E-state index in [1.807, 2.05) is 13.0 Å². The number of amides is 1. The molecule has 218 valence electrons. The maximum atomic E-state index is 14.5. The molecule has 4 fully saturated rings. The normalized spacial score (nSPS) is 48.5. The van der Waals surface area contributed by atoms with Crippen LogP contribution in [-0.2, 0) is 19.1 Å². The largest absolute Gasteiger partial charge is 0.462 e. The van der Waals surface area contributed by atoms with Crippen LogP contribution in [0.3, 0.4) is 0 Å². The van der Waals surface area contributed by atoms with Gasteiger partial charge in [-0.15, -0.1) is 0 Å². The standard InChI is InChI=1S/C33H51NO5/c1-20(35)39-25-11-12-31(6)24(28(25,2)3)10-13-33(8)26(31)23(36)18-21-22-19-30(5,27(37)34(9)38)15-14-29(22,4)16-17-32(21,33)7/h18,22,24-26,38H,10-17,19H2,1-9H3/t22-,24-,25?,26+,29+,30-,31-,32+,33+/m0/s1. The van der Waals surface area contributed by atoms with Crippen LogP contribution in [0.2, 0.25) is 0 Å². The summed E-state index contributed by atoms with van der Waals surface area (Å²) < 4.78 is 5.84. The van der Waals surface area contributed by atoms with E-state index in [1.54, 1.807) is 0 Å². The molecular weight excluding hydrogens is 490 g/mol.